The van der Waals surface area contributed by atoms with E-state index in [0.29, 0.717) is 4.31 Å². The molecular weight excluding hydrogens is 356 g/mol. The monoisotopic (exact) mass is 370 g/mol. The Morgan fingerprint density at radius 3 is 1.79 bits per heavy atom. The van der Waals surface area contributed by atoms with Crippen molar-refractivity contribution in [2.45, 2.75) is 11.8 Å². The quantitative estimate of drug-likeness (QED) is 0.591. The summed E-state index contributed by atoms with van der Waals surface area (Å²) in [5.41, 5.74) is 0. The Hall–Kier alpha value is -1.88. The second-order valence-corrected chi connectivity index (χ2v) is 6.90. The van der Waals surface area contributed by atoms with Gasteiger partial charge in [0.2, 0.25) is 27.6 Å². The van der Waals surface area contributed by atoms with Crippen LogP contribution >= 0.6 is 0 Å². The highest BCUT2D eigenvalue weighted by atomic mass is 32.2. The molecule has 1 amide bonds. The van der Waals surface area contributed by atoms with Crippen molar-refractivity contribution in [1.29, 1.82) is 0 Å². The molecule has 1 aliphatic rings. The molecule has 6 nitrogen and oxygen atoms in total. The van der Waals surface area contributed by atoms with Gasteiger partial charge in [0.15, 0.2) is 22.3 Å². The van der Waals surface area contributed by atoms with Crippen LogP contribution in [-0.2, 0) is 14.8 Å². The van der Waals surface area contributed by atoms with Crippen molar-refractivity contribution in [3.05, 3.63) is 23.3 Å². The molecule has 1 aromatic rings. The highest BCUT2D eigenvalue weighted by Crippen LogP contribution is 2.33. The molecule has 0 aromatic heterocycles. The zero-order chi connectivity index (χ0) is 18.2. The van der Waals surface area contributed by atoms with Crippen molar-refractivity contribution in [3.8, 4) is 5.75 Å². The lowest BCUT2D eigenvalue weighted by Crippen LogP contribution is -2.50. The number of sulfonamides is 1. The maximum absolute atomic E-state index is 14.0. The van der Waals surface area contributed by atoms with Gasteiger partial charge in [-0.15, -0.1) is 0 Å². The Labute approximate surface area is 135 Å². The minimum atomic E-state index is -4.83. The molecule has 0 bridgehead atoms. The van der Waals surface area contributed by atoms with Gasteiger partial charge in [0, 0.05) is 33.1 Å². The van der Waals surface area contributed by atoms with E-state index in [4.69, 9.17) is 0 Å². The summed E-state index contributed by atoms with van der Waals surface area (Å²) in [6, 6.07) is 0. The summed E-state index contributed by atoms with van der Waals surface area (Å²) in [5.74, 6) is -9.61. The average Bonchev–Trinajstić information content (AvgIpc) is 2.53. The Balaban J connectivity index is 2.46. The number of rotatable bonds is 3. The number of methoxy groups -OCH3 is 1. The predicted octanol–water partition coefficient (Wildman–Crippen LogP) is 1.10. The lowest BCUT2D eigenvalue weighted by molar-refractivity contribution is -0.129. The van der Waals surface area contributed by atoms with Crippen molar-refractivity contribution in [2.24, 2.45) is 0 Å². The second kappa shape index (κ2) is 6.55. The van der Waals surface area contributed by atoms with Crippen molar-refractivity contribution in [2.75, 3.05) is 33.3 Å². The first-order valence-corrected chi connectivity index (χ1v) is 8.22. The summed E-state index contributed by atoms with van der Waals surface area (Å²) in [6.07, 6.45) is 0. The minimum absolute atomic E-state index is 0.00107. The van der Waals surface area contributed by atoms with Gasteiger partial charge in [-0.05, 0) is 0 Å². The van der Waals surface area contributed by atoms with Crippen LogP contribution < -0.4 is 4.74 Å². The molecule has 1 heterocycles. The smallest absolute Gasteiger partial charge is 0.249 e. The van der Waals surface area contributed by atoms with Crippen LogP contribution in [0, 0.1) is 23.3 Å². The zero-order valence-electron chi connectivity index (χ0n) is 12.8. The number of hydrogen-bond acceptors (Lipinski definition) is 4. The summed E-state index contributed by atoms with van der Waals surface area (Å²) in [6.45, 7) is 0.779. The van der Waals surface area contributed by atoms with Gasteiger partial charge >= 0.3 is 0 Å². The Kier molecular flexibility index (Phi) is 5.04. The highest BCUT2D eigenvalue weighted by Gasteiger charge is 2.38. The molecule has 1 aliphatic heterocycles. The zero-order valence-corrected chi connectivity index (χ0v) is 13.6. The number of benzene rings is 1. The average molecular weight is 370 g/mol. The molecule has 134 valence electrons. The molecule has 0 spiro atoms. The van der Waals surface area contributed by atoms with Crippen molar-refractivity contribution in [1.82, 2.24) is 9.21 Å². The van der Waals surface area contributed by atoms with E-state index in [0.717, 1.165) is 7.11 Å². The fourth-order valence-electron chi connectivity index (χ4n) is 2.37. The number of ether oxygens (including phenoxy) is 1. The number of carbonyl (C=O) groups is 1. The lowest BCUT2D eigenvalue weighted by atomic mass is 10.3. The molecule has 0 unspecified atom stereocenters. The SMILES string of the molecule is COc1c(F)c(F)c(S(=O)(=O)N2CCN(C(C)=O)CC2)c(F)c1F. The van der Waals surface area contributed by atoms with Crippen molar-refractivity contribution in [3.63, 3.8) is 0 Å². The van der Waals surface area contributed by atoms with Crippen LogP contribution in [0.2, 0.25) is 0 Å². The summed E-state index contributed by atoms with van der Waals surface area (Å²) in [5, 5.41) is 0. The number of nitrogens with zero attached hydrogens (tertiary/aromatic N) is 2. The maximum Gasteiger partial charge on any atom is 0.249 e. The van der Waals surface area contributed by atoms with Crippen LogP contribution in [-0.4, -0.2) is 56.8 Å². The number of hydrogen-bond donors (Lipinski definition) is 0. The van der Waals surface area contributed by atoms with Gasteiger partial charge in [0.25, 0.3) is 0 Å². The van der Waals surface area contributed by atoms with Crippen molar-refractivity contribution >= 4 is 15.9 Å². The molecule has 0 N–H and O–H groups in total. The maximum atomic E-state index is 14.0. The number of halogens is 4. The molecule has 0 aliphatic carbocycles. The Morgan fingerprint density at radius 1 is 0.958 bits per heavy atom. The first-order valence-electron chi connectivity index (χ1n) is 6.78. The number of piperazine rings is 1. The van der Waals surface area contributed by atoms with Gasteiger partial charge in [0.05, 0.1) is 7.11 Å². The van der Waals surface area contributed by atoms with Crippen LogP contribution in [0.25, 0.3) is 0 Å². The molecule has 1 fully saturated rings. The number of carbonyl (C=O) groups excluding carboxylic acids is 1. The van der Waals surface area contributed by atoms with Crippen LogP contribution in [0.5, 0.6) is 5.75 Å². The van der Waals surface area contributed by atoms with Crippen LogP contribution in [0.1, 0.15) is 6.92 Å². The first-order chi connectivity index (χ1) is 11.1. The lowest BCUT2D eigenvalue weighted by Gasteiger charge is -2.33. The summed E-state index contributed by atoms with van der Waals surface area (Å²) >= 11 is 0. The summed E-state index contributed by atoms with van der Waals surface area (Å²) < 4.78 is 85.1. The molecule has 2 rings (SSSR count). The third kappa shape index (κ3) is 2.93. The number of amides is 1. The van der Waals surface area contributed by atoms with E-state index < -0.39 is 43.9 Å². The molecule has 1 aromatic carbocycles. The van der Waals surface area contributed by atoms with Gasteiger partial charge in [-0.3, -0.25) is 4.79 Å². The van der Waals surface area contributed by atoms with Crippen LogP contribution in [0.3, 0.4) is 0 Å². The minimum Gasteiger partial charge on any atom is -0.491 e. The molecule has 1 saturated heterocycles. The third-order valence-corrected chi connectivity index (χ3v) is 5.59. The van der Waals surface area contributed by atoms with E-state index in [2.05, 4.69) is 4.74 Å². The summed E-state index contributed by atoms with van der Waals surface area (Å²) in [4.78, 5) is 10.8. The Bertz CT molecular complexity index is 748. The van der Waals surface area contributed by atoms with E-state index >= 15 is 0 Å². The van der Waals surface area contributed by atoms with Gasteiger partial charge in [-0.25, -0.2) is 17.2 Å². The molecule has 0 saturated carbocycles. The first kappa shape index (κ1) is 18.5. The highest BCUT2D eigenvalue weighted by molar-refractivity contribution is 7.89. The van der Waals surface area contributed by atoms with Crippen LogP contribution in [0.4, 0.5) is 17.6 Å². The standard InChI is InChI=1S/C13H14F4N2O4S/c1-7(20)18-3-5-19(6-4-18)24(21,22)13-10(16)8(14)12(23-2)9(15)11(13)17/h3-6H2,1-2H3. The second-order valence-electron chi connectivity index (χ2n) is 5.03. The summed E-state index contributed by atoms with van der Waals surface area (Å²) in [7, 11) is -4.05. The van der Waals surface area contributed by atoms with Crippen LogP contribution in [0.15, 0.2) is 4.90 Å². The third-order valence-electron chi connectivity index (χ3n) is 3.67. The van der Waals surface area contributed by atoms with E-state index in [1.54, 1.807) is 0 Å². The molecule has 24 heavy (non-hydrogen) atoms. The molecule has 0 atom stereocenters. The molecule has 0 radical (unpaired) electrons. The molecule has 11 heteroatoms. The van der Waals surface area contributed by atoms with Gasteiger partial charge in [0.1, 0.15) is 0 Å². The fourth-order valence-corrected chi connectivity index (χ4v) is 3.90. The van der Waals surface area contributed by atoms with Gasteiger partial charge < -0.3 is 9.64 Å². The van der Waals surface area contributed by atoms with E-state index in [1.165, 1.54) is 11.8 Å². The van der Waals surface area contributed by atoms with E-state index in [1.807, 2.05) is 0 Å². The predicted molar refractivity (Wildman–Crippen MR) is 73.8 cm³/mol. The normalized spacial score (nSPS) is 16.3. The largest absolute Gasteiger partial charge is 0.491 e. The fraction of sp³-hybridized carbons (Fsp3) is 0.462. The van der Waals surface area contributed by atoms with Crippen molar-refractivity contribution < 1.29 is 35.5 Å². The van der Waals surface area contributed by atoms with Gasteiger partial charge in [-0.1, -0.05) is 0 Å². The van der Waals surface area contributed by atoms with Gasteiger partial charge in [-0.2, -0.15) is 13.1 Å². The molecular formula is C13H14F4N2O4S. The topological polar surface area (TPSA) is 66.9 Å². The van der Waals surface area contributed by atoms with E-state index in [-0.39, 0.29) is 32.1 Å². The Morgan fingerprint density at radius 2 is 1.42 bits per heavy atom. The van der Waals surface area contributed by atoms with E-state index in [9.17, 15) is 30.8 Å².